The summed E-state index contributed by atoms with van der Waals surface area (Å²) in [7, 11) is 2.61. The summed E-state index contributed by atoms with van der Waals surface area (Å²) in [6.07, 6.45) is 8.28. The van der Waals surface area contributed by atoms with Crippen molar-refractivity contribution in [1.29, 1.82) is 0 Å². The van der Waals surface area contributed by atoms with Crippen LogP contribution in [0, 0.1) is 11.8 Å². The molecule has 0 radical (unpaired) electrons. The van der Waals surface area contributed by atoms with Crippen molar-refractivity contribution in [3.05, 3.63) is 77.4 Å². The Morgan fingerprint density at radius 2 is 1.14 bits per heavy atom. The molecule has 3 aliphatic rings. The van der Waals surface area contributed by atoms with E-state index >= 15 is 0 Å². The number of imidazole rings is 1. The molecule has 0 saturated carbocycles. The van der Waals surface area contributed by atoms with Gasteiger partial charge in [0.05, 0.1) is 38.2 Å². The van der Waals surface area contributed by atoms with Gasteiger partial charge in [0.15, 0.2) is 0 Å². The number of alkyl carbamates (subject to hydrolysis) is 2. The predicted molar refractivity (Wildman–Crippen MR) is 222 cm³/mol. The molecule has 58 heavy (non-hydrogen) atoms. The van der Waals surface area contributed by atoms with Crippen LogP contribution in [0.25, 0.3) is 33.6 Å². The molecule has 13 nitrogen and oxygen atoms in total. The maximum atomic E-state index is 13.9. The van der Waals surface area contributed by atoms with Crippen molar-refractivity contribution in [1.82, 2.24) is 35.4 Å². The number of ether oxygens (including phenoxy) is 2. The molecule has 1 aliphatic carbocycles. The van der Waals surface area contributed by atoms with Crippen molar-refractivity contribution in [2.24, 2.45) is 11.8 Å². The number of fused-ring (bicyclic) bond motifs is 1. The fraction of sp³-hybridized carbons (Fsp3) is 0.489. The molecule has 2 aromatic heterocycles. The molecule has 2 aromatic carbocycles. The highest BCUT2D eigenvalue weighted by Crippen LogP contribution is 2.42. The number of amides is 4. The average Bonchev–Trinajstić information content (AvgIpc) is 4.07. The molecule has 4 aromatic rings. The van der Waals surface area contributed by atoms with E-state index in [-0.39, 0.29) is 35.7 Å². The third kappa shape index (κ3) is 8.21. The van der Waals surface area contributed by atoms with Gasteiger partial charge < -0.3 is 39.9 Å². The lowest BCUT2D eigenvalue weighted by Gasteiger charge is -2.31. The van der Waals surface area contributed by atoms with Gasteiger partial charge in [0.2, 0.25) is 11.8 Å². The lowest BCUT2D eigenvalue weighted by atomic mass is 9.88. The van der Waals surface area contributed by atoms with Crippen molar-refractivity contribution in [2.45, 2.75) is 103 Å². The first kappa shape index (κ1) is 40.6. The number of carbonyl (C=O) groups is 4. The summed E-state index contributed by atoms with van der Waals surface area (Å²) in [5, 5.41) is 5.48. The van der Waals surface area contributed by atoms with Gasteiger partial charge in [-0.1, -0.05) is 76.2 Å². The number of aromatic nitrogens is 3. The van der Waals surface area contributed by atoms with Gasteiger partial charge in [-0.2, -0.15) is 0 Å². The Balaban J connectivity index is 1.06. The number of aromatic amines is 2. The monoisotopic (exact) mass is 791 g/mol. The van der Waals surface area contributed by atoms with E-state index in [2.05, 4.69) is 69.1 Å². The van der Waals surface area contributed by atoms with Crippen molar-refractivity contribution in [2.75, 3.05) is 27.3 Å². The van der Waals surface area contributed by atoms with Crippen molar-refractivity contribution in [3.8, 4) is 33.6 Å². The summed E-state index contributed by atoms with van der Waals surface area (Å²) in [6.45, 7) is 8.96. The molecule has 2 saturated heterocycles. The van der Waals surface area contributed by atoms with Crippen LogP contribution in [-0.2, 0) is 31.9 Å². The second kappa shape index (κ2) is 17.5. The van der Waals surface area contributed by atoms with E-state index in [4.69, 9.17) is 14.5 Å². The minimum Gasteiger partial charge on any atom is -0.453 e. The number of nitrogens with one attached hydrogen (secondary N) is 4. The Labute approximate surface area is 340 Å². The molecule has 308 valence electrons. The van der Waals surface area contributed by atoms with E-state index in [1.54, 1.807) is 0 Å². The predicted octanol–water partition coefficient (Wildman–Crippen LogP) is 7.71. The topological polar surface area (TPSA) is 162 Å². The molecule has 2 fully saturated rings. The normalized spacial score (nSPS) is 18.9. The van der Waals surface area contributed by atoms with Crippen LogP contribution in [-0.4, -0.2) is 88.1 Å². The minimum absolute atomic E-state index is 0.0643. The number of H-pyrrole nitrogens is 2. The number of carbonyl (C=O) groups excluding carboxylic acids is 4. The molecule has 4 amide bonds. The van der Waals surface area contributed by atoms with Gasteiger partial charge in [-0.25, -0.2) is 14.6 Å². The average molecular weight is 792 g/mol. The zero-order valence-corrected chi connectivity index (χ0v) is 34.5. The third-order valence-corrected chi connectivity index (χ3v) is 12.2. The molecule has 7 rings (SSSR count). The van der Waals surface area contributed by atoms with Crippen LogP contribution in [0.5, 0.6) is 0 Å². The summed E-state index contributed by atoms with van der Waals surface area (Å²) < 4.78 is 9.61. The second-order valence-corrected chi connectivity index (χ2v) is 16.5. The zero-order valence-electron chi connectivity index (χ0n) is 34.5. The van der Waals surface area contributed by atoms with Crippen LogP contribution in [0.2, 0.25) is 0 Å². The molecule has 4 heterocycles. The highest BCUT2D eigenvalue weighted by atomic mass is 16.5. The lowest BCUT2D eigenvalue weighted by Crippen LogP contribution is -2.51. The SMILES string of the molecule is COC(=O)N[C@H](C(=O)N1CCCC1c1ncc(-c2ccc(-c3ccc(-c4[nH]c(C5CCCN5C(=O)[C@@H](NC(=O)OC)C(C)C)c5c4CCCC5)cc3)cc2)[nH]1)C(C)C. The van der Waals surface area contributed by atoms with Gasteiger partial charge in [-0.15, -0.1) is 0 Å². The molecular weight excluding hydrogens is 735 g/mol. The van der Waals surface area contributed by atoms with Crippen molar-refractivity contribution in [3.63, 3.8) is 0 Å². The molecule has 2 unspecified atom stereocenters. The van der Waals surface area contributed by atoms with Gasteiger partial charge in [-0.05, 0) is 96.6 Å². The summed E-state index contributed by atoms with van der Waals surface area (Å²) in [5.41, 5.74) is 10.2. The molecule has 13 heteroatoms. The summed E-state index contributed by atoms with van der Waals surface area (Å²) >= 11 is 0. The van der Waals surface area contributed by atoms with Gasteiger partial charge >= 0.3 is 12.2 Å². The smallest absolute Gasteiger partial charge is 0.407 e. The number of methoxy groups -OCH3 is 2. The van der Waals surface area contributed by atoms with Crippen LogP contribution >= 0.6 is 0 Å². The van der Waals surface area contributed by atoms with Gasteiger partial charge in [0, 0.05) is 24.5 Å². The zero-order chi connectivity index (χ0) is 41.1. The molecule has 0 spiro atoms. The first-order valence-electron chi connectivity index (χ1n) is 20.8. The Morgan fingerprint density at radius 1 is 0.655 bits per heavy atom. The van der Waals surface area contributed by atoms with E-state index in [0.29, 0.717) is 13.1 Å². The quantitative estimate of drug-likeness (QED) is 0.121. The summed E-state index contributed by atoms with van der Waals surface area (Å²) in [4.78, 5) is 67.4. The van der Waals surface area contributed by atoms with Crippen LogP contribution in [0.1, 0.15) is 101 Å². The number of rotatable bonds is 11. The summed E-state index contributed by atoms with van der Waals surface area (Å²) in [5.74, 6) is 0.356. The molecule has 2 aliphatic heterocycles. The van der Waals surface area contributed by atoms with E-state index in [1.165, 1.54) is 25.3 Å². The molecule has 4 N–H and O–H groups in total. The molecule has 4 atom stereocenters. The fourth-order valence-corrected chi connectivity index (χ4v) is 9.02. The highest BCUT2D eigenvalue weighted by molar-refractivity contribution is 5.87. The number of benzene rings is 2. The van der Waals surface area contributed by atoms with Crippen LogP contribution in [0.4, 0.5) is 9.59 Å². The van der Waals surface area contributed by atoms with E-state index in [1.807, 2.05) is 43.7 Å². The fourth-order valence-electron chi connectivity index (χ4n) is 9.02. The standard InChI is InChI=1S/C45H57N7O6/c1-26(2)37(49-44(55)57-5)42(53)51-23-9-13-35(51)40-33-12-8-7-11-32(33)39(48-40)31-21-17-29(18-22-31)28-15-19-30(20-16-28)34-25-46-41(47-34)36-14-10-24-52(36)43(54)38(27(3)4)50-45(56)58-6/h15-22,25-27,35-38,48H,7-14,23-24H2,1-6H3,(H,46,47)(H,49,55)(H,50,56)/t35?,36?,37-,38-/m0/s1. The van der Waals surface area contributed by atoms with Gasteiger partial charge in [0.25, 0.3) is 0 Å². The number of hydrogen-bond donors (Lipinski definition) is 4. The van der Waals surface area contributed by atoms with Crippen LogP contribution in [0.3, 0.4) is 0 Å². The Bertz CT molecular complexity index is 2100. The van der Waals surface area contributed by atoms with E-state index < -0.39 is 24.3 Å². The van der Waals surface area contributed by atoms with E-state index in [0.717, 1.165) is 96.5 Å². The van der Waals surface area contributed by atoms with E-state index in [9.17, 15) is 19.2 Å². The maximum absolute atomic E-state index is 13.9. The first-order valence-corrected chi connectivity index (χ1v) is 20.8. The second-order valence-electron chi connectivity index (χ2n) is 16.5. The molecular formula is C45H57N7O6. The van der Waals surface area contributed by atoms with Crippen molar-refractivity contribution < 1.29 is 28.7 Å². The van der Waals surface area contributed by atoms with Crippen LogP contribution < -0.4 is 10.6 Å². The largest absolute Gasteiger partial charge is 0.453 e. The Hall–Kier alpha value is -5.59. The van der Waals surface area contributed by atoms with Crippen LogP contribution in [0.15, 0.2) is 54.7 Å². The summed E-state index contributed by atoms with van der Waals surface area (Å²) in [6, 6.07) is 15.5. The number of likely N-dealkylation sites (tertiary alicyclic amines) is 2. The Kier molecular flexibility index (Phi) is 12.2. The van der Waals surface area contributed by atoms with Crippen molar-refractivity contribution >= 4 is 24.0 Å². The van der Waals surface area contributed by atoms with Gasteiger partial charge in [-0.3, -0.25) is 9.59 Å². The number of nitrogens with zero attached hydrogens (tertiary/aromatic N) is 3. The minimum atomic E-state index is -0.684. The lowest BCUT2D eigenvalue weighted by molar-refractivity contribution is -0.136. The third-order valence-electron chi connectivity index (χ3n) is 12.2. The number of hydrogen-bond acceptors (Lipinski definition) is 7. The highest BCUT2D eigenvalue weighted by Gasteiger charge is 2.40. The maximum Gasteiger partial charge on any atom is 0.407 e. The first-order chi connectivity index (χ1) is 28.0. The Morgan fingerprint density at radius 3 is 1.67 bits per heavy atom. The molecule has 0 bridgehead atoms. The van der Waals surface area contributed by atoms with Gasteiger partial charge in [0.1, 0.15) is 17.9 Å².